The highest BCUT2D eigenvalue weighted by atomic mass is 16.5. The number of nitrogen functional groups attached to an aromatic ring is 1. The highest BCUT2D eigenvalue weighted by molar-refractivity contribution is 6.46. The largest absolute Gasteiger partial charge is 0.487 e. The second kappa shape index (κ2) is 8.53. The van der Waals surface area contributed by atoms with Crippen LogP contribution in [0, 0.1) is 0 Å². The van der Waals surface area contributed by atoms with E-state index in [0.717, 1.165) is 5.69 Å². The van der Waals surface area contributed by atoms with E-state index in [0.29, 0.717) is 17.0 Å². The van der Waals surface area contributed by atoms with Crippen molar-refractivity contribution in [3.05, 3.63) is 41.7 Å². The smallest absolute Gasteiger partial charge is 0.271 e. The summed E-state index contributed by atoms with van der Waals surface area (Å²) in [6.45, 7) is 0.931. The highest BCUT2D eigenvalue weighted by Crippen LogP contribution is 2.22. The number of benzene rings is 1. The second-order valence-corrected chi connectivity index (χ2v) is 6.36. The number of anilines is 1. The maximum atomic E-state index is 12.6. The quantitative estimate of drug-likeness (QED) is 0.348. The van der Waals surface area contributed by atoms with Crippen molar-refractivity contribution >= 4 is 23.2 Å². The van der Waals surface area contributed by atoms with Crippen LogP contribution in [0.1, 0.15) is 18.2 Å². The van der Waals surface area contributed by atoms with E-state index in [2.05, 4.69) is 15.4 Å². The monoisotopic (exact) mass is 388 g/mol. The first-order chi connectivity index (χ1) is 13.2. The van der Waals surface area contributed by atoms with Crippen molar-refractivity contribution in [3.8, 4) is 5.75 Å². The number of primary amides is 1. The summed E-state index contributed by atoms with van der Waals surface area (Å²) < 4.78 is 7.43. The third-order valence-corrected chi connectivity index (χ3v) is 4.28. The van der Waals surface area contributed by atoms with Gasteiger partial charge in [-0.25, -0.2) is 0 Å². The van der Waals surface area contributed by atoms with Gasteiger partial charge >= 0.3 is 0 Å². The summed E-state index contributed by atoms with van der Waals surface area (Å²) in [4.78, 5) is 28.2. The second-order valence-electron chi connectivity index (χ2n) is 6.36. The number of nitrogens with zero attached hydrogens (tertiary/aromatic N) is 3. The van der Waals surface area contributed by atoms with E-state index < -0.39 is 24.0 Å². The van der Waals surface area contributed by atoms with Crippen molar-refractivity contribution in [2.45, 2.75) is 19.1 Å². The van der Waals surface area contributed by atoms with E-state index in [1.165, 1.54) is 14.0 Å². The standard InChI is InChI=1S/C18H24N6O4/c1-18(10-25,17(20)27)23-16(26)15(21-2)13-8-12(4-5-14(13)19)28-9-11-6-7-22-24(11)3/h4-8,25H,9-10,19H2,1-3H3,(H2,20,27)(H,23,26). The van der Waals surface area contributed by atoms with Crippen molar-refractivity contribution in [1.82, 2.24) is 15.1 Å². The average Bonchev–Trinajstić information content (AvgIpc) is 3.07. The van der Waals surface area contributed by atoms with Gasteiger partial charge in [-0.15, -0.1) is 0 Å². The van der Waals surface area contributed by atoms with Crippen molar-refractivity contribution < 1.29 is 19.4 Å². The van der Waals surface area contributed by atoms with Crippen molar-refractivity contribution in [1.29, 1.82) is 0 Å². The number of aliphatic hydroxyl groups excluding tert-OH is 1. The van der Waals surface area contributed by atoms with E-state index in [9.17, 15) is 14.7 Å². The van der Waals surface area contributed by atoms with Gasteiger partial charge in [0, 0.05) is 31.5 Å². The van der Waals surface area contributed by atoms with Gasteiger partial charge < -0.3 is 26.6 Å². The number of carbonyl (C=O) groups is 2. The molecule has 0 spiro atoms. The minimum Gasteiger partial charge on any atom is -0.487 e. The lowest BCUT2D eigenvalue weighted by atomic mass is 10.0. The number of rotatable bonds is 8. The molecule has 1 aromatic carbocycles. The fraction of sp³-hybridized carbons (Fsp3) is 0.333. The summed E-state index contributed by atoms with van der Waals surface area (Å²) in [5.74, 6) is -1.10. The molecule has 2 rings (SSSR count). The molecule has 1 heterocycles. The number of hydrogen-bond donors (Lipinski definition) is 4. The maximum absolute atomic E-state index is 12.6. The lowest BCUT2D eigenvalue weighted by Gasteiger charge is -2.25. The summed E-state index contributed by atoms with van der Waals surface area (Å²) in [6, 6.07) is 6.66. The Morgan fingerprint density at radius 1 is 1.39 bits per heavy atom. The molecule has 1 atom stereocenters. The number of nitrogens with one attached hydrogen (secondary N) is 1. The van der Waals surface area contributed by atoms with Gasteiger partial charge in [0.2, 0.25) is 5.91 Å². The molecule has 0 saturated carbocycles. The highest BCUT2D eigenvalue weighted by Gasteiger charge is 2.34. The van der Waals surface area contributed by atoms with E-state index in [1.54, 1.807) is 36.1 Å². The molecule has 1 aromatic heterocycles. The first-order valence-corrected chi connectivity index (χ1v) is 8.41. The fourth-order valence-electron chi connectivity index (χ4n) is 2.36. The Hall–Kier alpha value is -3.40. The molecule has 1 unspecified atom stereocenters. The zero-order valence-corrected chi connectivity index (χ0v) is 16.0. The number of aliphatic imine (C=N–C) groups is 1. The molecule has 10 nitrogen and oxygen atoms in total. The van der Waals surface area contributed by atoms with Gasteiger partial charge in [-0.1, -0.05) is 0 Å². The molecule has 6 N–H and O–H groups in total. The van der Waals surface area contributed by atoms with Crippen LogP contribution in [0.2, 0.25) is 0 Å². The molecule has 2 aromatic rings. The minimum atomic E-state index is -1.63. The molecule has 10 heteroatoms. The van der Waals surface area contributed by atoms with Gasteiger partial charge in [0.05, 0.1) is 12.3 Å². The summed E-state index contributed by atoms with van der Waals surface area (Å²) in [6.07, 6.45) is 1.66. The SMILES string of the molecule is CN=C(C(=O)NC(C)(CO)C(N)=O)c1cc(OCc2ccnn2C)ccc1N. The predicted octanol–water partition coefficient (Wildman–Crippen LogP) is -0.647. The van der Waals surface area contributed by atoms with E-state index in [-0.39, 0.29) is 12.3 Å². The number of hydrogen-bond acceptors (Lipinski definition) is 7. The van der Waals surface area contributed by atoms with Crippen LogP contribution < -0.4 is 21.5 Å². The van der Waals surface area contributed by atoms with Crippen molar-refractivity contribution in [2.24, 2.45) is 17.8 Å². The number of amides is 2. The van der Waals surface area contributed by atoms with Crippen LogP contribution in [0.15, 0.2) is 35.5 Å². The summed E-state index contributed by atoms with van der Waals surface area (Å²) in [5.41, 5.74) is 11.1. The van der Waals surface area contributed by atoms with Crippen LogP contribution in [0.25, 0.3) is 0 Å². The molecule has 150 valence electrons. The average molecular weight is 388 g/mol. The Morgan fingerprint density at radius 2 is 2.11 bits per heavy atom. The molecule has 0 radical (unpaired) electrons. The van der Waals surface area contributed by atoms with Crippen molar-refractivity contribution in [3.63, 3.8) is 0 Å². The summed E-state index contributed by atoms with van der Waals surface area (Å²) in [7, 11) is 3.22. The van der Waals surface area contributed by atoms with Crippen LogP contribution in [0.3, 0.4) is 0 Å². The Labute approximate surface area is 162 Å². The van der Waals surface area contributed by atoms with Gasteiger partial charge in [0.1, 0.15) is 23.6 Å². The van der Waals surface area contributed by atoms with Gasteiger partial charge in [-0.05, 0) is 31.2 Å². The molecule has 0 aliphatic carbocycles. The number of aryl methyl sites for hydroxylation is 1. The predicted molar refractivity (Wildman–Crippen MR) is 104 cm³/mol. The molecule has 0 fully saturated rings. The van der Waals surface area contributed by atoms with Crippen LogP contribution in [-0.2, 0) is 23.2 Å². The van der Waals surface area contributed by atoms with E-state index in [1.807, 2.05) is 6.07 Å². The molecule has 28 heavy (non-hydrogen) atoms. The van der Waals surface area contributed by atoms with E-state index >= 15 is 0 Å². The lowest BCUT2D eigenvalue weighted by Crippen LogP contribution is -2.59. The van der Waals surface area contributed by atoms with Gasteiger partial charge in [0.15, 0.2) is 0 Å². The fourth-order valence-corrected chi connectivity index (χ4v) is 2.36. The van der Waals surface area contributed by atoms with Gasteiger partial charge in [0.25, 0.3) is 5.91 Å². The Balaban J connectivity index is 2.25. The Kier molecular flexibility index (Phi) is 6.37. The maximum Gasteiger partial charge on any atom is 0.271 e. The number of aromatic nitrogens is 2. The topological polar surface area (TPSA) is 158 Å². The van der Waals surface area contributed by atoms with Crippen LogP contribution in [-0.4, -0.2) is 51.6 Å². The van der Waals surface area contributed by atoms with Gasteiger partial charge in [-0.2, -0.15) is 5.10 Å². The Morgan fingerprint density at radius 3 is 2.64 bits per heavy atom. The molecule has 0 aliphatic rings. The van der Waals surface area contributed by atoms with Gasteiger partial charge in [-0.3, -0.25) is 19.3 Å². The zero-order valence-electron chi connectivity index (χ0n) is 16.0. The molecular weight excluding hydrogens is 364 g/mol. The number of ether oxygens (including phenoxy) is 1. The van der Waals surface area contributed by atoms with E-state index in [4.69, 9.17) is 16.2 Å². The molecule has 0 aliphatic heterocycles. The summed E-state index contributed by atoms with van der Waals surface area (Å²) >= 11 is 0. The third-order valence-electron chi connectivity index (χ3n) is 4.28. The first-order valence-electron chi connectivity index (χ1n) is 8.41. The van der Waals surface area contributed by atoms with Crippen molar-refractivity contribution in [2.75, 3.05) is 19.4 Å². The third kappa shape index (κ3) is 4.46. The van der Waals surface area contributed by atoms with Crippen LogP contribution >= 0.6 is 0 Å². The molecule has 0 saturated heterocycles. The molecule has 2 amide bonds. The lowest BCUT2D eigenvalue weighted by molar-refractivity contribution is -0.129. The number of carbonyl (C=O) groups excluding carboxylic acids is 2. The number of nitrogens with two attached hydrogens (primary N) is 2. The number of aliphatic hydroxyl groups is 1. The Bertz CT molecular complexity index is 907. The summed E-state index contributed by atoms with van der Waals surface area (Å²) in [5, 5.41) is 15.9. The normalized spacial score (nSPS) is 13.6. The van der Waals surface area contributed by atoms with Crippen LogP contribution in [0.5, 0.6) is 5.75 Å². The minimum absolute atomic E-state index is 0.0237. The zero-order chi connectivity index (χ0) is 20.9. The molecule has 0 bridgehead atoms. The van der Waals surface area contributed by atoms with Crippen LogP contribution in [0.4, 0.5) is 5.69 Å². The molecular formula is C18H24N6O4. The first kappa shape index (κ1) is 20.9.